The molecule has 0 saturated carbocycles. The molecule has 0 fully saturated rings. The Morgan fingerprint density at radius 2 is 1.02 bits per heavy atom. The third kappa shape index (κ3) is 8.02. The number of hydrogen-bond donors (Lipinski definition) is 6. The van der Waals surface area contributed by atoms with E-state index in [1.807, 2.05) is 0 Å². The predicted octanol–water partition coefficient (Wildman–Crippen LogP) is 2.98. The number of carbonyl (C=O) groups is 2. The Bertz CT molecular complexity index is 1790. The molecule has 0 radical (unpaired) electrons. The number of ether oxygens (including phenoxy) is 2. The van der Waals surface area contributed by atoms with Crippen LogP contribution in [-0.2, 0) is 45.1 Å². The molecule has 6 rings (SSSR count). The molecule has 4 aromatic rings. The van der Waals surface area contributed by atoms with Crippen LogP contribution in [0.3, 0.4) is 0 Å². The van der Waals surface area contributed by atoms with Crippen molar-refractivity contribution in [1.29, 1.82) is 0 Å². The fourth-order valence-corrected chi connectivity index (χ4v) is 6.65. The summed E-state index contributed by atoms with van der Waals surface area (Å²) in [6, 6.07) is 16.8. The predicted molar refractivity (Wildman–Crippen MR) is 176 cm³/mol. The molecule has 2 aliphatic rings. The molecular formula is C38H36F4N2O8. The molecule has 8 atom stereocenters. The Kier molecular flexibility index (Phi) is 11.3. The Hall–Kier alpha value is -4.70. The van der Waals surface area contributed by atoms with Crippen molar-refractivity contribution >= 4 is 11.8 Å². The molecule has 6 N–H and O–H groups in total. The van der Waals surface area contributed by atoms with Crippen molar-refractivity contribution in [2.75, 3.05) is 0 Å². The average molecular weight is 725 g/mol. The van der Waals surface area contributed by atoms with Crippen molar-refractivity contribution in [2.45, 2.75) is 74.8 Å². The largest absolute Gasteiger partial charge is 0.390 e. The van der Waals surface area contributed by atoms with Crippen molar-refractivity contribution in [1.82, 2.24) is 10.6 Å². The van der Waals surface area contributed by atoms with E-state index < -0.39 is 97.0 Å². The van der Waals surface area contributed by atoms with Gasteiger partial charge in [-0.25, -0.2) is 17.6 Å². The lowest BCUT2D eigenvalue weighted by molar-refractivity contribution is -0.171. The van der Waals surface area contributed by atoms with Crippen LogP contribution in [0, 0.1) is 23.3 Å². The summed E-state index contributed by atoms with van der Waals surface area (Å²) in [4.78, 5) is 27.7. The third-order valence-electron chi connectivity index (χ3n) is 9.34. The van der Waals surface area contributed by atoms with Crippen LogP contribution in [0.5, 0.6) is 0 Å². The fourth-order valence-electron chi connectivity index (χ4n) is 6.65. The highest BCUT2D eigenvalue weighted by molar-refractivity contribution is 5.84. The van der Waals surface area contributed by atoms with Crippen LogP contribution in [0.1, 0.15) is 45.5 Å². The zero-order chi connectivity index (χ0) is 37.1. The smallest absolute Gasteiger partial charge is 0.252 e. The second kappa shape index (κ2) is 15.9. The molecule has 4 aromatic carbocycles. The number of rotatable bonds is 13. The average Bonchev–Trinajstić information content (AvgIpc) is 3.61. The first kappa shape index (κ1) is 37.1. The second-order valence-electron chi connectivity index (χ2n) is 12.8. The Labute approximate surface area is 295 Å². The molecule has 274 valence electrons. The zero-order valence-corrected chi connectivity index (χ0v) is 27.5. The first-order chi connectivity index (χ1) is 24.9. The minimum absolute atomic E-state index is 0.190. The van der Waals surface area contributed by atoms with E-state index in [0.29, 0.717) is 11.1 Å². The van der Waals surface area contributed by atoms with Gasteiger partial charge in [0.25, 0.3) is 11.8 Å². The molecule has 0 aliphatic heterocycles. The quantitative estimate of drug-likeness (QED) is 0.115. The molecule has 2 amide bonds. The number of hydrogen-bond acceptors (Lipinski definition) is 8. The van der Waals surface area contributed by atoms with E-state index in [1.165, 1.54) is 0 Å². The molecule has 0 aromatic heterocycles. The zero-order valence-electron chi connectivity index (χ0n) is 27.5. The van der Waals surface area contributed by atoms with Gasteiger partial charge in [0, 0.05) is 24.0 Å². The molecule has 0 unspecified atom stereocenters. The minimum Gasteiger partial charge on any atom is -0.390 e. The number of nitrogens with one attached hydrogen (secondary N) is 2. The summed E-state index contributed by atoms with van der Waals surface area (Å²) in [5, 5.41) is 49.8. The standard InChI is InChI=1S/C38H36F4N2O8/c39-23-9-11-27(41)21(13-23)17-51-35(37(49)43-31-25-7-3-1-5-19(25)15-29(31)45)33(47)34(48)36(52-18-22-14-24(40)10-12-28(22)42)38(50)44-32-26-8-4-2-6-20(26)16-30(32)46/h1-14,29-36,45-48H,15-18H2,(H,43,49)(H,44,50)/t29-,30-,31+,32+,33-,34-,35-,36-/m1/s1. The van der Waals surface area contributed by atoms with E-state index in [9.17, 15) is 47.6 Å². The first-order valence-electron chi connectivity index (χ1n) is 16.5. The number of fused-ring (bicyclic) bond motifs is 2. The van der Waals surface area contributed by atoms with Gasteiger partial charge in [-0.2, -0.15) is 0 Å². The summed E-state index contributed by atoms with van der Waals surface area (Å²) >= 11 is 0. The van der Waals surface area contributed by atoms with Gasteiger partial charge >= 0.3 is 0 Å². The van der Waals surface area contributed by atoms with E-state index in [4.69, 9.17) is 9.47 Å². The highest BCUT2D eigenvalue weighted by Gasteiger charge is 2.44. The molecule has 10 nitrogen and oxygen atoms in total. The van der Waals surface area contributed by atoms with Gasteiger partial charge in [0.2, 0.25) is 0 Å². The maximum absolute atomic E-state index is 14.6. The fraction of sp³-hybridized carbons (Fsp3) is 0.316. The molecule has 0 saturated heterocycles. The maximum atomic E-state index is 14.6. The van der Waals surface area contributed by atoms with Gasteiger partial charge in [0.05, 0.1) is 37.5 Å². The number of amides is 2. The lowest BCUT2D eigenvalue weighted by atomic mass is 9.99. The molecule has 0 spiro atoms. The van der Waals surface area contributed by atoms with Crippen molar-refractivity contribution < 1.29 is 57.1 Å². The van der Waals surface area contributed by atoms with E-state index in [2.05, 4.69) is 10.6 Å². The number of halogens is 4. The molecule has 14 heteroatoms. The van der Waals surface area contributed by atoms with Crippen LogP contribution in [0.25, 0.3) is 0 Å². The van der Waals surface area contributed by atoms with Gasteiger partial charge < -0.3 is 40.5 Å². The number of benzene rings is 4. The molecule has 0 bridgehead atoms. The summed E-state index contributed by atoms with van der Waals surface area (Å²) in [6.45, 7) is -1.57. The van der Waals surface area contributed by atoms with Gasteiger partial charge in [-0.3, -0.25) is 9.59 Å². The summed E-state index contributed by atoms with van der Waals surface area (Å²) in [5.74, 6) is -5.64. The van der Waals surface area contributed by atoms with Gasteiger partial charge in [0.15, 0.2) is 12.2 Å². The highest BCUT2D eigenvalue weighted by atomic mass is 19.1. The second-order valence-corrected chi connectivity index (χ2v) is 12.8. The van der Waals surface area contributed by atoms with Crippen LogP contribution in [0.2, 0.25) is 0 Å². The highest BCUT2D eigenvalue weighted by Crippen LogP contribution is 2.33. The van der Waals surface area contributed by atoms with Gasteiger partial charge in [0.1, 0.15) is 35.5 Å². The number of carbonyl (C=O) groups excluding carboxylic acids is 2. The molecule has 52 heavy (non-hydrogen) atoms. The van der Waals surface area contributed by atoms with Gasteiger partial charge in [-0.05, 0) is 58.7 Å². The normalized spacial score (nSPS) is 21.5. The van der Waals surface area contributed by atoms with Crippen LogP contribution in [0.4, 0.5) is 17.6 Å². The number of aliphatic hydroxyl groups is 4. The van der Waals surface area contributed by atoms with Gasteiger partial charge in [-0.1, -0.05) is 48.5 Å². The lowest BCUT2D eigenvalue weighted by Crippen LogP contribution is -2.57. The van der Waals surface area contributed by atoms with Crippen molar-refractivity contribution in [2.24, 2.45) is 0 Å². The Morgan fingerprint density at radius 1 is 0.635 bits per heavy atom. The summed E-state index contributed by atoms with van der Waals surface area (Å²) < 4.78 is 68.3. The van der Waals surface area contributed by atoms with Crippen LogP contribution >= 0.6 is 0 Å². The van der Waals surface area contributed by atoms with Crippen molar-refractivity contribution in [3.8, 4) is 0 Å². The van der Waals surface area contributed by atoms with E-state index in [-0.39, 0.29) is 24.0 Å². The van der Waals surface area contributed by atoms with E-state index in [0.717, 1.165) is 47.5 Å². The molecule has 0 heterocycles. The summed E-state index contributed by atoms with van der Waals surface area (Å²) in [6.07, 6.45) is -10.7. The molecule has 2 aliphatic carbocycles. The summed E-state index contributed by atoms with van der Waals surface area (Å²) in [5.41, 5.74) is 1.94. The van der Waals surface area contributed by atoms with E-state index in [1.54, 1.807) is 48.5 Å². The topological polar surface area (TPSA) is 158 Å². The molecular weight excluding hydrogens is 688 g/mol. The SMILES string of the molecule is O=C(N[C@H]1c2ccccc2C[C@H]1O)[C@H](OCc1cc(F)ccc1F)[C@H](O)[C@@H](O)[C@@H](OCc1cc(F)ccc1F)C(=O)N[C@H]1c2ccccc2C[C@H]1O. The first-order valence-corrected chi connectivity index (χ1v) is 16.5. The van der Waals surface area contributed by atoms with Crippen molar-refractivity contribution in [3.05, 3.63) is 142 Å². The van der Waals surface area contributed by atoms with Crippen LogP contribution < -0.4 is 10.6 Å². The monoisotopic (exact) mass is 724 g/mol. The minimum atomic E-state index is -2.33. The van der Waals surface area contributed by atoms with Crippen LogP contribution in [-0.4, -0.2) is 68.9 Å². The third-order valence-corrected chi connectivity index (χ3v) is 9.34. The Morgan fingerprint density at radius 3 is 1.42 bits per heavy atom. The van der Waals surface area contributed by atoms with Crippen LogP contribution in [0.15, 0.2) is 84.9 Å². The lowest BCUT2D eigenvalue weighted by Gasteiger charge is -2.32. The summed E-state index contributed by atoms with van der Waals surface area (Å²) in [7, 11) is 0. The van der Waals surface area contributed by atoms with Gasteiger partial charge in [-0.15, -0.1) is 0 Å². The maximum Gasteiger partial charge on any atom is 0.252 e. The Balaban J connectivity index is 1.29. The van der Waals surface area contributed by atoms with E-state index >= 15 is 0 Å². The number of aliphatic hydroxyl groups excluding tert-OH is 4. The van der Waals surface area contributed by atoms with Crippen molar-refractivity contribution in [3.63, 3.8) is 0 Å².